The molecule has 1 aromatic heterocycles. The molecule has 1 heterocycles. The molecule has 102 valence electrons. The highest BCUT2D eigenvalue weighted by Crippen LogP contribution is 2.05. The number of nitrogens with one attached hydrogen (secondary N) is 1. The summed E-state index contributed by atoms with van der Waals surface area (Å²) in [4.78, 5) is 4.39. The van der Waals surface area contributed by atoms with Crippen molar-refractivity contribution in [3.8, 4) is 0 Å². The Hall–Kier alpha value is -1.68. The van der Waals surface area contributed by atoms with Crippen molar-refractivity contribution in [3.63, 3.8) is 0 Å². The van der Waals surface area contributed by atoms with Gasteiger partial charge >= 0.3 is 0 Å². The number of benzene rings is 1. The van der Waals surface area contributed by atoms with Crippen molar-refractivity contribution in [3.05, 3.63) is 47.6 Å². The van der Waals surface area contributed by atoms with Crippen LogP contribution in [0.25, 0.3) is 0 Å². The Morgan fingerprint density at radius 3 is 2.74 bits per heavy atom. The molecule has 0 radical (unpaired) electrons. The van der Waals surface area contributed by atoms with E-state index in [0.717, 1.165) is 25.1 Å². The molecule has 19 heavy (non-hydrogen) atoms. The van der Waals surface area contributed by atoms with Gasteiger partial charge in [0.25, 0.3) is 0 Å². The molecular weight excluding hydrogens is 238 g/mol. The minimum Gasteiger partial charge on any atom is -0.338 e. The van der Waals surface area contributed by atoms with Crippen LogP contribution in [-0.4, -0.2) is 16.2 Å². The fraction of sp³-hybridized carbons (Fsp3) is 0.467. The van der Waals surface area contributed by atoms with Crippen molar-refractivity contribution < 1.29 is 4.52 Å². The first kappa shape index (κ1) is 13.7. The summed E-state index contributed by atoms with van der Waals surface area (Å²) in [5, 5.41) is 7.35. The largest absolute Gasteiger partial charge is 0.338 e. The van der Waals surface area contributed by atoms with Crippen LogP contribution in [0.15, 0.2) is 34.9 Å². The van der Waals surface area contributed by atoms with Gasteiger partial charge in [-0.1, -0.05) is 42.4 Å². The number of aryl methyl sites for hydroxylation is 2. The van der Waals surface area contributed by atoms with Crippen LogP contribution in [0.5, 0.6) is 0 Å². The molecule has 0 aliphatic heterocycles. The Morgan fingerprint density at radius 2 is 2.00 bits per heavy atom. The fourth-order valence-electron chi connectivity index (χ4n) is 1.77. The topological polar surface area (TPSA) is 51.0 Å². The zero-order chi connectivity index (χ0) is 13.5. The maximum atomic E-state index is 5.22. The summed E-state index contributed by atoms with van der Waals surface area (Å²) in [5.74, 6) is 1.45. The second-order valence-electron chi connectivity index (χ2n) is 4.78. The van der Waals surface area contributed by atoms with Crippen molar-refractivity contribution >= 4 is 0 Å². The maximum Gasteiger partial charge on any atom is 0.240 e. The first-order valence-corrected chi connectivity index (χ1v) is 6.86. The summed E-state index contributed by atoms with van der Waals surface area (Å²) in [7, 11) is 0. The summed E-state index contributed by atoms with van der Waals surface area (Å²) in [5.41, 5.74) is 1.30. The Kier molecular flexibility index (Phi) is 5.10. The van der Waals surface area contributed by atoms with Crippen molar-refractivity contribution in [2.24, 2.45) is 0 Å². The van der Waals surface area contributed by atoms with E-state index in [1.807, 2.05) is 18.2 Å². The highest BCUT2D eigenvalue weighted by atomic mass is 16.5. The van der Waals surface area contributed by atoms with Gasteiger partial charge < -0.3 is 9.84 Å². The van der Waals surface area contributed by atoms with Crippen LogP contribution < -0.4 is 5.32 Å². The van der Waals surface area contributed by atoms with Gasteiger partial charge in [-0.15, -0.1) is 0 Å². The third-order valence-electron chi connectivity index (χ3n) is 3.20. The molecule has 2 aromatic rings. The summed E-state index contributed by atoms with van der Waals surface area (Å²) in [6.45, 7) is 4.94. The van der Waals surface area contributed by atoms with Crippen LogP contribution >= 0.6 is 0 Å². The van der Waals surface area contributed by atoms with Crippen molar-refractivity contribution in [1.82, 2.24) is 15.5 Å². The van der Waals surface area contributed by atoms with Gasteiger partial charge in [-0.25, -0.2) is 0 Å². The second-order valence-corrected chi connectivity index (χ2v) is 4.78. The summed E-state index contributed by atoms with van der Waals surface area (Å²) in [6.07, 6.45) is 2.85. The van der Waals surface area contributed by atoms with Crippen LogP contribution in [0.3, 0.4) is 0 Å². The number of hydrogen-bond donors (Lipinski definition) is 1. The second kappa shape index (κ2) is 7.04. The molecule has 0 aliphatic rings. The Balaban J connectivity index is 1.81. The smallest absolute Gasteiger partial charge is 0.240 e. The van der Waals surface area contributed by atoms with E-state index in [0.29, 0.717) is 18.5 Å². The molecule has 1 N–H and O–H groups in total. The molecule has 0 bridgehead atoms. The molecule has 4 heteroatoms. The lowest BCUT2D eigenvalue weighted by atomic mass is 10.1. The zero-order valence-electron chi connectivity index (χ0n) is 11.6. The molecule has 1 atom stereocenters. The van der Waals surface area contributed by atoms with Gasteiger partial charge in [-0.3, -0.25) is 0 Å². The van der Waals surface area contributed by atoms with E-state index in [1.54, 1.807) is 0 Å². The lowest BCUT2D eigenvalue weighted by Crippen LogP contribution is -2.24. The number of nitrogens with zero attached hydrogens (tertiary/aromatic N) is 2. The molecule has 4 nitrogen and oxygen atoms in total. The molecule has 2 rings (SSSR count). The minimum atomic E-state index is 0.472. The quantitative estimate of drug-likeness (QED) is 0.830. The van der Waals surface area contributed by atoms with E-state index < -0.39 is 0 Å². The van der Waals surface area contributed by atoms with Crippen LogP contribution in [0.2, 0.25) is 0 Å². The summed E-state index contributed by atoms with van der Waals surface area (Å²) in [6, 6.07) is 10.8. The third-order valence-corrected chi connectivity index (χ3v) is 3.20. The van der Waals surface area contributed by atoms with Gasteiger partial charge in [0.1, 0.15) is 0 Å². The molecule has 0 saturated heterocycles. The molecule has 0 amide bonds. The van der Waals surface area contributed by atoms with Gasteiger partial charge in [0.15, 0.2) is 5.82 Å². The van der Waals surface area contributed by atoms with Crippen LogP contribution in [-0.2, 0) is 19.4 Å². The van der Waals surface area contributed by atoms with Gasteiger partial charge in [-0.05, 0) is 25.3 Å². The van der Waals surface area contributed by atoms with Crippen LogP contribution in [0.4, 0.5) is 0 Å². The SMILES string of the molecule is CCC(C)NCc1nc(CCc2ccccc2)no1. The maximum absolute atomic E-state index is 5.22. The highest BCUT2D eigenvalue weighted by Gasteiger charge is 2.07. The van der Waals surface area contributed by atoms with Gasteiger partial charge in [0.2, 0.25) is 5.89 Å². The van der Waals surface area contributed by atoms with Crippen LogP contribution in [0.1, 0.15) is 37.5 Å². The average molecular weight is 259 g/mol. The standard InChI is InChI=1S/C15H21N3O/c1-3-12(2)16-11-15-17-14(18-19-15)10-9-13-7-5-4-6-8-13/h4-8,12,16H,3,9-11H2,1-2H3. The Bertz CT molecular complexity index is 481. The number of hydrogen-bond acceptors (Lipinski definition) is 4. The van der Waals surface area contributed by atoms with Crippen molar-refractivity contribution in [2.45, 2.75) is 45.7 Å². The summed E-state index contributed by atoms with van der Waals surface area (Å²) >= 11 is 0. The Labute approximate surface area is 114 Å². The normalized spacial score (nSPS) is 12.5. The molecule has 0 fully saturated rings. The van der Waals surface area contributed by atoms with E-state index in [4.69, 9.17) is 4.52 Å². The fourth-order valence-corrected chi connectivity index (χ4v) is 1.77. The van der Waals surface area contributed by atoms with Gasteiger partial charge in [0.05, 0.1) is 6.54 Å². The first-order chi connectivity index (χ1) is 9.28. The van der Waals surface area contributed by atoms with Crippen molar-refractivity contribution in [1.29, 1.82) is 0 Å². The zero-order valence-corrected chi connectivity index (χ0v) is 11.6. The van der Waals surface area contributed by atoms with Gasteiger partial charge in [-0.2, -0.15) is 4.98 Å². The highest BCUT2D eigenvalue weighted by molar-refractivity contribution is 5.15. The number of aromatic nitrogens is 2. The molecule has 0 aliphatic carbocycles. The molecule has 1 unspecified atom stereocenters. The predicted octanol–water partition coefficient (Wildman–Crippen LogP) is 2.74. The molecular formula is C15H21N3O. The van der Waals surface area contributed by atoms with Crippen LogP contribution in [0, 0.1) is 0 Å². The van der Waals surface area contributed by atoms with E-state index in [-0.39, 0.29) is 0 Å². The summed E-state index contributed by atoms with van der Waals surface area (Å²) < 4.78 is 5.22. The lowest BCUT2D eigenvalue weighted by Gasteiger charge is -2.07. The Morgan fingerprint density at radius 1 is 1.21 bits per heavy atom. The molecule has 0 saturated carbocycles. The van der Waals surface area contributed by atoms with Crippen molar-refractivity contribution in [2.75, 3.05) is 0 Å². The van der Waals surface area contributed by atoms with Gasteiger partial charge in [0, 0.05) is 12.5 Å². The predicted molar refractivity (Wildman–Crippen MR) is 74.7 cm³/mol. The first-order valence-electron chi connectivity index (χ1n) is 6.86. The van der Waals surface area contributed by atoms with E-state index in [1.165, 1.54) is 5.56 Å². The average Bonchev–Trinajstić information content (AvgIpc) is 2.91. The van der Waals surface area contributed by atoms with E-state index in [9.17, 15) is 0 Å². The molecule has 1 aromatic carbocycles. The van der Waals surface area contributed by atoms with E-state index in [2.05, 4.69) is 41.4 Å². The minimum absolute atomic E-state index is 0.472. The molecule has 0 spiro atoms. The third kappa shape index (κ3) is 4.48. The van der Waals surface area contributed by atoms with E-state index >= 15 is 0 Å². The lowest BCUT2D eigenvalue weighted by molar-refractivity contribution is 0.354. The monoisotopic (exact) mass is 259 g/mol. The number of rotatable bonds is 7.